The molecule has 0 aliphatic rings. The lowest BCUT2D eigenvalue weighted by molar-refractivity contribution is -0.137. The lowest BCUT2D eigenvalue weighted by Gasteiger charge is -2.23. The number of rotatable bonds is 6. The van der Waals surface area contributed by atoms with Gasteiger partial charge in [0.05, 0.1) is 23.6 Å². The van der Waals surface area contributed by atoms with Gasteiger partial charge in [-0.25, -0.2) is 4.39 Å². The SMILES string of the molecule is CCC(=O)CN(C(=O)Cc1cccc(F)c1)c1ccc(Cl)c(C(F)(F)F)c1. The van der Waals surface area contributed by atoms with Crippen molar-refractivity contribution in [3.8, 4) is 0 Å². The van der Waals surface area contributed by atoms with Crippen LogP contribution >= 0.6 is 11.6 Å². The van der Waals surface area contributed by atoms with Crippen LogP contribution in [0.5, 0.6) is 0 Å². The second-order valence-electron chi connectivity index (χ2n) is 5.84. The zero-order chi connectivity index (χ0) is 20.2. The molecule has 0 atom stereocenters. The number of Topliss-reactive ketones (excluding diaryl/α,β-unsaturated/α-hetero) is 1. The Hall–Kier alpha value is -2.41. The summed E-state index contributed by atoms with van der Waals surface area (Å²) >= 11 is 5.61. The summed E-state index contributed by atoms with van der Waals surface area (Å²) in [6, 6.07) is 8.30. The summed E-state index contributed by atoms with van der Waals surface area (Å²) in [7, 11) is 0. The first-order valence-corrected chi connectivity index (χ1v) is 8.43. The Balaban J connectivity index is 2.39. The van der Waals surface area contributed by atoms with E-state index in [9.17, 15) is 27.2 Å². The Morgan fingerprint density at radius 3 is 2.41 bits per heavy atom. The quantitative estimate of drug-likeness (QED) is 0.635. The molecule has 0 unspecified atom stereocenters. The number of amides is 1. The third-order valence-electron chi connectivity index (χ3n) is 3.84. The molecule has 27 heavy (non-hydrogen) atoms. The molecule has 8 heteroatoms. The van der Waals surface area contributed by atoms with Crippen LogP contribution in [-0.2, 0) is 22.2 Å². The molecule has 0 N–H and O–H groups in total. The highest BCUT2D eigenvalue weighted by Gasteiger charge is 2.34. The first-order chi connectivity index (χ1) is 12.6. The molecule has 0 aromatic heterocycles. The number of anilines is 1. The summed E-state index contributed by atoms with van der Waals surface area (Å²) in [5.41, 5.74) is -0.858. The van der Waals surface area contributed by atoms with Crippen molar-refractivity contribution in [3.05, 3.63) is 64.4 Å². The number of carbonyl (C=O) groups is 2. The second-order valence-corrected chi connectivity index (χ2v) is 6.25. The smallest absolute Gasteiger partial charge is 0.305 e. The van der Waals surface area contributed by atoms with E-state index in [1.54, 1.807) is 6.92 Å². The van der Waals surface area contributed by atoms with Gasteiger partial charge in [-0.1, -0.05) is 30.7 Å². The fourth-order valence-corrected chi connectivity index (χ4v) is 2.65. The lowest BCUT2D eigenvalue weighted by atomic mass is 10.1. The minimum atomic E-state index is -4.71. The molecule has 0 aliphatic carbocycles. The van der Waals surface area contributed by atoms with E-state index in [1.807, 2.05) is 0 Å². The molecule has 2 rings (SSSR count). The van der Waals surface area contributed by atoms with Crippen molar-refractivity contribution in [1.29, 1.82) is 0 Å². The van der Waals surface area contributed by atoms with E-state index in [1.165, 1.54) is 24.3 Å². The van der Waals surface area contributed by atoms with Crippen LogP contribution in [-0.4, -0.2) is 18.2 Å². The highest BCUT2D eigenvalue weighted by molar-refractivity contribution is 6.31. The summed E-state index contributed by atoms with van der Waals surface area (Å²) in [4.78, 5) is 25.5. The maximum Gasteiger partial charge on any atom is 0.417 e. The molecule has 0 fully saturated rings. The number of nitrogens with zero attached hydrogens (tertiary/aromatic N) is 1. The van der Waals surface area contributed by atoms with Crippen LogP contribution in [0.2, 0.25) is 5.02 Å². The standard InChI is InChI=1S/C19H16ClF4NO2/c1-2-15(26)11-25(18(27)9-12-4-3-5-13(21)8-12)14-6-7-17(20)16(10-14)19(22,23)24/h3-8,10H,2,9,11H2,1H3. The van der Waals surface area contributed by atoms with Gasteiger partial charge in [-0.3, -0.25) is 9.59 Å². The van der Waals surface area contributed by atoms with Crippen molar-refractivity contribution in [3.63, 3.8) is 0 Å². The number of carbonyl (C=O) groups excluding carboxylic acids is 2. The number of ketones is 1. The largest absolute Gasteiger partial charge is 0.417 e. The van der Waals surface area contributed by atoms with Crippen LogP contribution < -0.4 is 4.90 Å². The average Bonchev–Trinajstić information content (AvgIpc) is 2.59. The second kappa shape index (κ2) is 8.52. The predicted molar refractivity (Wildman–Crippen MR) is 94.2 cm³/mol. The van der Waals surface area contributed by atoms with Gasteiger partial charge in [0, 0.05) is 12.1 Å². The lowest BCUT2D eigenvalue weighted by Crippen LogP contribution is -2.37. The maximum absolute atomic E-state index is 13.3. The van der Waals surface area contributed by atoms with Crippen LogP contribution in [0.3, 0.4) is 0 Å². The van der Waals surface area contributed by atoms with Crippen LogP contribution in [0.1, 0.15) is 24.5 Å². The third kappa shape index (κ3) is 5.53. The minimum absolute atomic E-state index is 0.102. The molecule has 0 bridgehead atoms. The molecule has 144 valence electrons. The van der Waals surface area contributed by atoms with E-state index in [0.717, 1.165) is 23.1 Å². The van der Waals surface area contributed by atoms with Gasteiger partial charge in [-0.15, -0.1) is 0 Å². The van der Waals surface area contributed by atoms with Crippen LogP contribution in [0.25, 0.3) is 0 Å². The fourth-order valence-electron chi connectivity index (χ4n) is 2.43. The molecule has 0 saturated carbocycles. The van der Waals surface area contributed by atoms with Crippen molar-refractivity contribution in [2.75, 3.05) is 11.4 Å². The number of benzene rings is 2. The fraction of sp³-hybridized carbons (Fsp3) is 0.263. The molecule has 2 aromatic carbocycles. The molecule has 0 aliphatic heterocycles. The van der Waals surface area contributed by atoms with Gasteiger partial charge in [0.15, 0.2) is 5.78 Å². The average molecular weight is 402 g/mol. The monoisotopic (exact) mass is 401 g/mol. The summed E-state index contributed by atoms with van der Waals surface area (Å²) in [6.45, 7) is 1.20. The predicted octanol–water partition coefficient (Wildman–Crippen LogP) is 5.05. The van der Waals surface area contributed by atoms with E-state index >= 15 is 0 Å². The highest BCUT2D eigenvalue weighted by atomic mass is 35.5. The van der Waals surface area contributed by atoms with Crippen LogP contribution in [0, 0.1) is 5.82 Å². The molecule has 2 aromatic rings. The molecular formula is C19H16ClF4NO2. The molecule has 0 spiro atoms. The number of halogens is 5. The van der Waals surface area contributed by atoms with Crippen LogP contribution in [0.15, 0.2) is 42.5 Å². The number of hydrogen-bond acceptors (Lipinski definition) is 2. The summed E-state index contributed by atoms with van der Waals surface area (Å²) in [5, 5.41) is -0.509. The van der Waals surface area contributed by atoms with E-state index in [2.05, 4.69) is 0 Å². The third-order valence-corrected chi connectivity index (χ3v) is 4.17. The van der Waals surface area contributed by atoms with Crippen molar-refractivity contribution in [2.45, 2.75) is 25.9 Å². The van der Waals surface area contributed by atoms with E-state index < -0.39 is 28.5 Å². The number of alkyl halides is 3. The minimum Gasteiger partial charge on any atom is -0.305 e. The Morgan fingerprint density at radius 2 is 1.81 bits per heavy atom. The van der Waals surface area contributed by atoms with Gasteiger partial charge < -0.3 is 4.90 Å². The van der Waals surface area contributed by atoms with E-state index in [0.29, 0.717) is 5.56 Å². The first-order valence-electron chi connectivity index (χ1n) is 8.05. The zero-order valence-electron chi connectivity index (χ0n) is 14.3. The molecule has 0 saturated heterocycles. The molecular weight excluding hydrogens is 386 g/mol. The summed E-state index contributed by atoms with van der Waals surface area (Å²) in [6.07, 6.45) is -4.86. The van der Waals surface area contributed by atoms with Crippen molar-refractivity contribution in [2.24, 2.45) is 0 Å². The van der Waals surface area contributed by atoms with Gasteiger partial charge in [-0.2, -0.15) is 13.2 Å². The Bertz CT molecular complexity index is 852. The highest BCUT2D eigenvalue weighted by Crippen LogP contribution is 2.37. The zero-order valence-corrected chi connectivity index (χ0v) is 15.1. The van der Waals surface area contributed by atoms with Gasteiger partial charge in [0.2, 0.25) is 5.91 Å². The van der Waals surface area contributed by atoms with Gasteiger partial charge >= 0.3 is 6.18 Å². The van der Waals surface area contributed by atoms with Crippen molar-refractivity contribution < 1.29 is 27.2 Å². The molecule has 0 heterocycles. The summed E-state index contributed by atoms with van der Waals surface area (Å²) < 4.78 is 52.7. The van der Waals surface area contributed by atoms with Crippen molar-refractivity contribution >= 4 is 29.0 Å². The molecule has 0 radical (unpaired) electrons. The normalized spacial score (nSPS) is 11.3. The van der Waals surface area contributed by atoms with Gasteiger partial charge in [0.25, 0.3) is 0 Å². The Labute approximate surface area is 158 Å². The van der Waals surface area contributed by atoms with E-state index in [-0.39, 0.29) is 30.9 Å². The Morgan fingerprint density at radius 1 is 1.11 bits per heavy atom. The van der Waals surface area contributed by atoms with Crippen molar-refractivity contribution in [1.82, 2.24) is 0 Å². The van der Waals surface area contributed by atoms with E-state index in [4.69, 9.17) is 11.6 Å². The van der Waals surface area contributed by atoms with Gasteiger partial charge in [0.1, 0.15) is 5.82 Å². The molecule has 1 amide bonds. The number of hydrogen-bond donors (Lipinski definition) is 0. The Kier molecular flexibility index (Phi) is 6.59. The van der Waals surface area contributed by atoms with Crippen LogP contribution in [0.4, 0.5) is 23.2 Å². The first kappa shape index (κ1) is 20.9. The summed E-state index contributed by atoms with van der Waals surface area (Å²) in [5.74, 6) is -1.49. The topological polar surface area (TPSA) is 37.4 Å². The van der Waals surface area contributed by atoms with Gasteiger partial charge in [-0.05, 0) is 35.9 Å². The molecule has 3 nitrogen and oxygen atoms in total. The maximum atomic E-state index is 13.3.